The molecule has 0 radical (unpaired) electrons. The highest BCUT2D eigenvalue weighted by Crippen LogP contribution is 2.24. The summed E-state index contributed by atoms with van der Waals surface area (Å²) in [5, 5.41) is 8.59. The molecule has 0 saturated carbocycles. The number of fused-ring (bicyclic) bond motifs is 1. The van der Waals surface area contributed by atoms with Crippen LogP contribution in [0.3, 0.4) is 0 Å². The Hall–Kier alpha value is -2.76. The smallest absolute Gasteiger partial charge is 0.323 e. The van der Waals surface area contributed by atoms with Gasteiger partial charge in [0.25, 0.3) is 0 Å². The molecule has 0 bridgehead atoms. The maximum absolute atomic E-state index is 12.7. The molecule has 2 N–H and O–H groups in total. The lowest BCUT2D eigenvalue weighted by Gasteiger charge is -2.24. The summed E-state index contributed by atoms with van der Waals surface area (Å²) in [6.45, 7) is 6.06. The van der Waals surface area contributed by atoms with E-state index in [1.165, 1.54) is 0 Å². The van der Waals surface area contributed by atoms with Crippen LogP contribution in [0.25, 0.3) is 10.9 Å². The van der Waals surface area contributed by atoms with Crippen LogP contribution in [0.2, 0.25) is 0 Å². The van der Waals surface area contributed by atoms with Gasteiger partial charge in [0.05, 0.1) is 11.7 Å². The van der Waals surface area contributed by atoms with E-state index in [2.05, 4.69) is 34.5 Å². The third-order valence-corrected chi connectivity index (χ3v) is 4.84. The number of carbonyl (C=O) groups is 1. The fourth-order valence-electron chi connectivity index (χ4n) is 3.09. The van der Waals surface area contributed by atoms with E-state index >= 15 is 0 Å². The Balaban J connectivity index is 1.78. The van der Waals surface area contributed by atoms with Crippen LogP contribution in [0.1, 0.15) is 36.8 Å². The number of aromatic nitrogens is 3. The lowest BCUT2D eigenvalue weighted by molar-refractivity contribution is 0.207. The maximum atomic E-state index is 12.7. The number of benzene rings is 1. The molecule has 0 aliphatic heterocycles. The molecule has 132 valence electrons. The van der Waals surface area contributed by atoms with E-state index in [1.54, 1.807) is 16.6 Å². The maximum Gasteiger partial charge on any atom is 0.323 e. The number of hydrogen-bond donors (Lipinski definition) is 2. The van der Waals surface area contributed by atoms with E-state index in [0.717, 1.165) is 40.1 Å². The highest BCUT2D eigenvalue weighted by atomic mass is 16.2. The van der Waals surface area contributed by atoms with Crippen molar-refractivity contribution in [2.45, 2.75) is 33.2 Å². The summed E-state index contributed by atoms with van der Waals surface area (Å²) in [7, 11) is 3.65. The first-order valence-electron chi connectivity index (χ1n) is 8.56. The summed E-state index contributed by atoms with van der Waals surface area (Å²) >= 11 is 0. The Kier molecular flexibility index (Phi) is 4.53. The highest BCUT2D eigenvalue weighted by molar-refractivity contribution is 5.89. The van der Waals surface area contributed by atoms with Crippen LogP contribution in [0.4, 0.5) is 10.6 Å². The van der Waals surface area contributed by atoms with Crippen molar-refractivity contribution in [3.63, 3.8) is 0 Å². The minimum absolute atomic E-state index is 0.0772. The van der Waals surface area contributed by atoms with Crippen molar-refractivity contribution in [2.75, 3.05) is 12.4 Å². The number of hydrogen-bond acceptors (Lipinski definition) is 2. The number of urea groups is 1. The van der Waals surface area contributed by atoms with Gasteiger partial charge in [0, 0.05) is 30.9 Å². The molecule has 2 amide bonds. The normalized spacial score (nSPS) is 12.4. The molecule has 0 spiro atoms. The summed E-state index contributed by atoms with van der Waals surface area (Å²) in [4.78, 5) is 17.8. The molecule has 2 aromatic heterocycles. The first-order valence-corrected chi connectivity index (χ1v) is 8.56. The van der Waals surface area contributed by atoms with Crippen molar-refractivity contribution in [3.8, 4) is 0 Å². The zero-order chi connectivity index (χ0) is 18.1. The van der Waals surface area contributed by atoms with Crippen LogP contribution in [0.15, 0.2) is 30.3 Å². The standard InChI is InChI=1S/C19H25N5O/c1-6-15-12(2)18(24(5)22-15)21-19(25)23(4)13(3)17-11-14-9-7-8-10-16(14)20-17/h7-11,13,20H,6H2,1-5H3,(H,21,25)/t13-/m1/s1. The van der Waals surface area contributed by atoms with Gasteiger partial charge in [0.1, 0.15) is 5.82 Å². The predicted octanol–water partition coefficient (Wildman–Crippen LogP) is 4.00. The number of amides is 2. The van der Waals surface area contributed by atoms with Crippen molar-refractivity contribution in [1.82, 2.24) is 19.7 Å². The molecule has 1 atom stereocenters. The number of aromatic amines is 1. The first kappa shape index (κ1) is 17.1. The van der Waals surface area contributed by atoms with Crippen LogP contribution >= 0.6 is 0 Å². The SMILES string of the molecule is CCc1nn(C)c(NC(=O)N(C)[C@H](C)c2cc3ccccc3[nH]2)c1C. The number of H-pyrrole nitrogens is 1. The highest BCUT2D eigenvalue weighted by Gasteiger charge is 2.21. The van der Waals surface area contributed by atoms with E-state index in [1.807, 2.05) is 39.1 Å². The van der Waals surface area contributed by atoms with E-state index in [0.29, 0.717) is 0 Å². The molecule has 6 nitrogen and oxygen atoms in total. The van der Waals surface area contributed by atoms with Gasteiger partial charge in [0.2, 0.25) is 0 Å². The van der Waals surface area contributed by atoms with Crippen LogP contribution in [-0.4, -0.2) is 32.7 Å². The third kappa shape index (κ3) is 3.12. The van der Waals surface area contributed by atoms with Crippen molar-refractivity contribution >= 4 is 22.8 Å². The van der Waals surface area contributed by atoms with E-state index in [-0.39, 0.29) is 12.1 Å². The van der Waals surface area contributed by atoms with Crippen molar-refractivity contribution < 1.29 is 4.79 Å². The Morgan fingerprint density at radius 2 is 2.12 bits per heavy atom. The Morgan fingerprint density at radius 3 is 2.76 bits per heavy atom. The molecule has 0 saturated heterocycles. The van der Waals surface area contributed by atoms with Crippen molar-refractivity contribution in [2.24, 2.45) is 7.05 Å². The zero-order valence-electron chi connectivity index (χ0n) is 15.4. The van der Waals surface area contributed by atoms with Gasteiger partial charge >= 0.3 is 6.03 Å². The van der Waals surface area contributed by atoms with E-state index < -0.39 is 0 Å². The van der Waals surface area contributed by atoms with Crippen LogP contribution in [-0.2, 0) is 13.5 Å². The van der Waals surface area contributed by atoms with Crippen LogP contribution in [0.5, 0.6) is 0 Å². The molecule has 0 aliphatic carbocycles. The molecule has 3 rings (SSSR count). The summed E-state index contributed by atoms with van der Waals surface area (Å²) < 4.78 is 1.73. The second-order valence-electron chi connectivity index (χ2n) is 6.43. The second-order valence-corrected chi connectivity index (χ2v) is 6.43. The van der Waals surface area contributed by atoms with Gasteiger partial charge in [-0.25, -0.2) is 4.79 Å². The average molecular weight is 339 g/mol. The quantitative estimate of drug-likeness (QED) is 0.754. The average Bonchev–Trinajstić information content (AvgIpc) is 3.16. The largest absolute Gasteiger partial charge is 0.357 e. The number of carbonyl (C=O) groups excluding carboxylic acids is 1. The molecule has 3 aromatic rings. The van der Waals surface area contributed by atoms with Crippen molar-refractivity contribution in [1.29, 1.82) is 0 Å². The van der Waals surface area contributed by atoms with Gasteiger partial charge in [-0.15, -0.1) is 0 Å². The van der Waals surface area contributed by atoms with Gasteiger partial charge in [-0.1, -0.05) is 25.1 Å². The second kappa shape index (κ2) is 6.63. The number of aryl methyl sites for hydroxylation is 2. The Labute approximate surface area is 147 Å². The molecule has 1 aromatic carbocycles. The molecular formula is C19H25N5O. The van der Waals surface area contributed by atoms with Gasteiger partial charge in [-0.05, 0) is 37.8 Å². The molecular weight excluding hydrogens is 314 g/mol. The van der Waals surface area contributed by atoms with Gasteiger partial charge in [-0.2, -0.15) is 5.10 Å². The van der Waals surface area contributed by atoms with Gasteiger partial charge < -0.3 is 9.88 Å². The molecule has 2 heterocycles. The summed E-state index contributed by atoms with van der Waals surface area (Å²) in [5.41, 5.74) is 4.11. The van der Waals surface area contributed by atoms with E-state index in [9.17, 15) is 4.79 Å². The molecule has 25 heavy (non-hydrogen) atoms. The molecule has 0 fully saturated rings. The lowest BCUT2D eigenvalue weighted by Crippen LogP contribution is -2.34. The fraction of sp³-hybridized carbons (Fsp3) is 0.368. The summed E-state index contributed by atoms with van der Waals surface area (Å²) in [6, 6.07) is 9.97. The number of nitrogens with zero attached hydrogens (tertiary/aromatic N) is 3. The first-order chi connectivity index (χ1) is 11.9. The minimum atomic E-state index is -0.153. The number of para-hydroxylation sites is 1. The zero-order valence-corrected chi connectivity index (χ0v) is 15.4. The topological polar surface area (TPSA) is 66.0 Å². The molecule has 0 unspecified atom stereocenters. The van der Waals surface area contributed by atoms with Gasteiger partial charge in [0.15, 0.2) is 0 Å². The predicted molar refractivity (Wildman–Crippen MR) is 101 cm³/mol. The van der Waals surface area contributed by atoms with Crippen molar-refractivity contribution in [3.05, 3.63) is 47.3 Å². The third-order valence-electron chi connectivity index (χ3n) is 4.84. The van der Waals surface area contributed by atoms with Gasteiger partial charge in [-0.3, -0.25) is 10.00 Å². The molecule has 0 aliphatic rings. The number of anilines is 1. The monoisotopic (exact) mass is 339 g/mol. The Morgan fingerprint density at radius 1 is 1.40 bits per heavy atom. The number of nitrogens with one attached hydrogen (secondary N) is 2. The summed E-state index contributed by atoms with van der Waals surface area (Å²) in [6.07, 6.45) is 0.844. The minimum Gasteiger partial charge on any atom is -0.357 e. The van der Waals surface area contributed by atoms with Crippen LogP contribution < -0.4 is 5.32 Å². The lowest BCUT2D eigenvalue weighted by atomic mass is 10.2. The Bertz CT molecular complexity index is 875. The number of rotatable bonds is 4. The molecule has 6 heteroatoms. The van der Waals surface area contributed by atoms with Crippen LogP contribution in [0, 0.1) is 6.92 Å². The van der Waals surface area contributed by atoms with E-state index in [4.69, 9.17) is 0 Å². The fourth-order valence-corrected chi connectivity index (χ4v) is 3.09. The summed E-state index contributed by atoms with van der Waals surface area (Å²) in [5.74, 6) is 0.748.